The summed E-state index contributed by atoms with van der Waals surface area (Å²) in [7, 11) is 1.56. The fourth-order valence-corrected chi connectivity index (χ4v) is 3.09. The predicted octanol–water partition coefficient (Wildman–Crippen LogP) is 0.532. The molecular formula is C17H21N3O4. The Morgan fingerprint density at radius 2 is 2.17 bits per heavy atom. The highest BCUT2D eigenvalue weighted by Gasteiger charge is 2.30. The van der Waals surface area contributed by atoms with Crippen molar-refractivity contribution in [2.45, 2.75) is 19.4 Å². The predicted molar refractivity (Wildman–Crippen MR) is 87.7 cm³/mol. The van der Waals surface area contributed by atoms with Gasteiger partial charge in [0.2, 0.25) is 11.8 Å². The summed E-state index contributed by atoms with van der Waals surface area (Å²) >= 11 is 0. The lowest BCUT2D eigenvalue weighted by Gasteiger charge is -2.16. The minimum absolute atomic E-state index is 0.0230. The maximum absolute atomic E-state index is 12.5. The summed E-state index contributed by atoms with van der Waals surface area (Å²) in [5, 5.41) is 2.71. The Morgan fingerprint density at radius 1 is 1.33 bits per heavy atom. The van der Waals surface area contributed by atoms with Gasteiger partial charge in [0.25, 0.3) is 5.91 Å². The zero-order chi connectivity index (χ0) is 17.1. The first-order valence-corrected chi connectivity index (χ1v) is 8.08. The summed E-state index contributed by atoms with van der Waals surface area (Å²) in [6, 6.07) is 5.51. The summed E-state index contributed by atoms with van der Waals surface area (Å²) in [4.78, 5) is 39.5. The number of fused-ring (bicyclic) bond motifs is 1. The highest BCUT2D eigenvalue weighted by Crippen LogP contribution is 2.29. The number of hydrogen-bond acceptors (Lipinski definition) is 4. The molecule has 0 saturated carbocycles. The molecule has 1 aromatic rings. The molecular weight excluding hydrogens is 310 g/mol. The fourth-order valence-electron chi connectivity index (χ4n) is 3.09. The number of nitrogens with zero attached hydrogens (tertiary/aromatic N) is 2. The van der Waals surface area contributed by atoms with Crippen molar-refractivity contribution in [3.63, 3.8) is 0 Å². The molecule has 0 spiro atoms. The molecule has 0 atom stereocenters. The second-order valence-corrected chi connectivity index (χ2v) is 5.99. The van der Waals surface area contributed by atoms with Gasteiger partial charge in [0.1, 0.15) is 6.54 Å². The minimum atomic E-state index is -0.205. The third kappa shape index (κ3) is 3.26. The Hall–Kier alpha value is -2.41. The van der Waals surface area contributed by atoms with Crippen LogP contribution < -0.4 is 10.2 Å². The Kier molecular flexibility index (Phi) is 4.80. The Morgan fingerprint density at radius 3 is 2.88 bits per heavy atom. The van der Waals surface area contributed by atoms with Gasteiger partial charge in [0.05, 0.1) is 6.61 Å². The molecule has 1 fully saturated rings. The highest BCUT2D eigenvalue weighted by molar-refractivity contribution is 6.02. The Labute approximate surface area is 140 Å². The average Bonchev–Trinajstić information content (AvgIpc) is 3.12. The maximum Gasteiger partial charge on any atom is 0.255 e. The lowest BCUT2D eigenvalue weighted by Crippen LogP contribution is -2.38. The van der Waals surface area contributed by atoms with E-state index in [-0.39, 0.29) is 24.3 Å². The van der Waals surface area contributed by atoms with Crippen LogP contribution in [0.3, 0.4) is 0 Å². The van der Waals surface area contributed by atoms with Gasteiger partial charge >= 0.3 is 0 Å². The smallest absolute Gasteiger partial charge is 0.255 e. The van der Waals surface area contributed by atoms with Crippen molar-refractivity contribution in [1.82, 2.24) is 10.2 Å². The van der Waals surface area contributed by atoms with Crippen molar-refractivity contribution >= 4 is 23.4 Å². The van der Waals surface area contributed by atoms with E-state index in [0.717, 1.165) is 17.7 Å². The quantitative estimate of drug-likeness (QED) is 0.772. The van der Waals surface area contributed by atoms with Crippen LogP contribution in [0.4, 0.5) is 5.69 Å². The van der Waals surface area contributed by atoms with E-state index >= 15 is 0 Å². The maximum atomic E-state index is 12.5. The number of benzene rings is 1. The van der Waals surface area contributed by atoms with Gasteiger partial charge in [-0.15, -0.1) is 0 Å². The standard InChI is InChI=1S/C17H21N3O4/c1-24-8-6-18-15(21)11-19-10-12-4-5-13(9-14(12)17(19)23)20-7-2-3-16(20)22/h4-5,9H,2-3,6-8,10-11H2,1H3,(H,18,21). The third-order valence-electron chi connectivity index (χ3n) is 4.32. The molecule has 0 aliphatic carbocycles. The Balaban J connectivity index is 1.67. The normalized spacial score (nSPS) is 16.7. The number of anilines is 1. The molecule has 2 aliphatic rings. The number of carbonyl (C=O) groups excluding carboxylic acids is 3. The van der Waals surface area contributed by atoms with E-state index < -0.39 is 0 Å². The number of ether oxygens (including phenoxy) is 1. The molecule has 2 heterocycles. The lowest BCUT2D eigenvalue weighted by molar-refractivity contribution is -0.122. The SMILES string of the molecule is COCCNC(=O)CN1Cc2ccc(N3CCCC3=O)cc2C1=O. The van der Waals surface area contributed by atoms with Gasteiger partial charge in [-0.1, -0.05) is 6.07 Å². The number of carbonyl (C=O) groups is 3. The monoisotopic (exact) mass is 331 g/mol. The van der Waals surface area contributed by atoms with E-state index in [9.17, 15) is 14.4 Å². The summed E-state index contributed by atoms with van der Waals surface area (Å²) in [5.41, 5.74) is 2.23. The first-order valence-electron chi connectivity index (χ1n) is 8.08. The number of amides is 3. The molecule has 7 nitrogen and oxygen atoms in total. The van der Waals surface area contributed by atoms with Crippen LogP contribution >= 0.6 is 0 Å². The summed E-state index contributed by atoms with van der Waals surface area (Å²) in [6.07, 6.45) is 1.40. The largest absolute Gasteiger partial charge is 0.383 e. The Bertz CT molecular complexity index is 674. The molecule has 1 saturated heterocycles. The lowest BCUT2D eigenvalue weighted by atomic mass is 10.1. The van der Waals surface area contributed by atoms with E-state index in [1.165, 1.54) is 4.90 Å². The molecule has 128 valence electrons. The molecule has 0 radical (unpaired) electrons. The first kappa shape index (κ1) is 16.4. The fraction of sp³-hybridized carbons (Fsp3) is 0.471. The van der Waals surface area contributed by atoms with E-state index in [2.05, 4.69) is 5.32 Å². The van der Waals surface area contributed by atoms with Crippen molar-refractivity contribution in [3.05, 3.63) is 29.3 Å². The van der Waals surface area contributed by atoms with Gasteiger partial charge in [0.15, 0.2) is 0 Å². The zero-order valence-corrected chi connectivity index (χ0v) is 13.7. The summed E-state index contributed by atoms with van der Waals surface area (Å²) < 4.78 is 4.88. The first-order chi connectivity index (χ1) is 11.6. The summed E-state index contributed by atoms with van der Waals surface area (Å²) in [6.45, 7) is 1.99. The van der Waals surface area contributed by atoms with Crippen molar-refractivity contribution in [3.8, 4) is 0 Å². The third-order valence-corrected chi connectivity index (χ3v) is 4.32. The van der Waals surface area contributed by atoms with Crippen LogP contribution in [-0.4, -0.2) is 56.0 Å². The van der Waals surface area contributed by atoms with Crippen molar-refractivity contribution in [1.29, 1.82) is 0 Å². The van der Waals surface area contributed by atoms with E-state index in [0.29, 0.717) is 38.2 Å². The van der Waals surface area contributed by atoms with Crippen LogP contribution in [0.15, 0.2) is 18.2 Å². The van der Waals surface area contributed by atoms with Gasteiger partial charge in [-0.25, -0.2) is 0 Å². The van der Waals surface area contributed by atoms with Crippen molar-refractivity contribution < 1.29 is 19.1 Å². The highest BCUT2D eigenvalue weighted by atomic mass is 16.5. The molecule has 1 N–H and O–H groups in total. The van der Waals surface area contributed by atoms with Crippen LogP contribution in [0.2, 0.25) is 0 Å². The topological polar surface area (TPSA) is 79.0 Å². The van der Waals surface area contributed by atoms with Gasteiger partial charge in [-0.2, -0.15) is 0 Å². The van der Waals surface area contributed by atoms with Gasteiger partial charge < -0.3 is 19.9 Å². The molecule has 1 aromatic carbocycles. The second-order valence-electron chi connectivity index (χ2n) is 5.99. The number of hydrogen-bond donors (Lipinski definition) is 1. The number of methoxy groups -OCH3 is 1. The van der Waals surface area contributed by atoms with E-state index in [1.807, 2.05) is 12.1 Å². The van der Waals surface area contributed by atoms with Gasteiger partial charge in [-0.3, -0.25) is 14.4 Å². The van der Waals surface area contributed by atoms with Gasteiger partial charge in [0, 0.05) is 44.4 Å². The van der Waals surface area contributed by atoms with Gasteiger partial charge in [-0.05, 0) is 24.1 Å². The molecule has 3 rings (SSSR count). The van der Waals surface area contributed by atoms with Crippen molar-refractivity contribution in [2.24, 2.45) is 0 Å². The molecule has 0 bridgehead atoms. The molecule has 2 aliphatic heterocycles. The summed E-state index contributed by atoms with van der Waals surface area (Å²) in [5.74, 6) is -0.279. The van der Waals surface area contributed by atoms with E-state index in [1.54, 1.807) is 18.1 Å². The molecule has 24 heavy (non-hydrogen) atoms. The van der Waals surface area contributed by atoms with Crippen LogP contribution in [0.1, 0.15) is 28.8 Å². The zero-order valence-electron chi connectivity index (χ0n) is 13.7. The average molecular weight is 331 g/mol. The number of rotatable bonds is 6. The minimum Gasteiger partial charge on any atom is -0.383 e. The molecule has 0 unspecified atom stereocenters. The molecule has 0 aromatic heterocycles. The van der Waals surface area contributed by atoms with Crippen LogP contribution in [-0.2, 0) is 20.9 Å². The van der Waals surface area contributed by atoms with Crippen LogP contribution in [0, 0.1) is 0 Å². The van der Waals surface area contributed by atoms with Crippen LogP contribution in [0.25, 0.3) is 0 Å². The van der Waals surface area contributed by atoms with Crippen LogP contribution in [0.5, 0.6) is 0 Å². The second kappa shape index (κ2) is 7.00. The number of nitrogens with one attached hydrogen (secondary N) is 1. The van der Waals surface area contributed by atoms with Crippen molar-refractivity contribution in [2.75, 3.05) is 38.3 Å². The molecule has 7 heteroatoms. The van der Waals surface area contributed by atoms with E-state index in [4.69, 9.17) is 4.74 Å². The molecule has 3 amide bonds.